The molecule has 2 aromatic carbocycles. The lowest BCUT2D eigenvalue weighted by atomic mass is 9.87. The van der Waals surface area contributed by atoms with Gasteiger partial charge in [0.2, 0.25) is 12.2 Å². The van der Waals surface area contributed by atoms with E-state index >= 15 is 0 Å². The van der Waals surface area contributed by atoms with Crippen molar-refractivity contribution in [2.45, 2.75) is 25.2 Å². The van der Waals surface area contributed by atoms with E-state index in [4.69, 9.17) is 9.73 Å². The van der Waals surface area contributed by atoms with Crippen molar-refractivity contribution in [3.8, 4) is 0 Å². The molecule has 0 bridgehead atoms. The lowest BCUT2D eigenvalue weighted by Gasteiger charge is -2.26. The minimum atomic E-state index is -0.954. The Bertz CT molecular complexity index is 609. The molecule has 3 heteroatoms. The number of hydrogen-bond acceptors (Lipinski definition) is 3. The molecule has 1 aliphatic rings. The summed E-state index contributed by atoms with van der Waals surface area (Å²) in [6, 6.07) is 19.5. The molecule has 0 fully saturated rings. The van der Waals surface area contributed by atoms with E-state index in [1.807, 2.05) is 67.6 Å². The molecule has 3 rings (SSSR count). The lowest BCUT2D eigenvalue weighted by Crippen LogP contribution is -2.34. The molecule has 2 aromatic rings. The van der Waals surface area contributed by atoms with Crippen LogP contribution in [0.2, 0.25) is 0 Å². The molecule has 1 heterocycles. The first-order chi connectivity index (χ1) is 9.76. The molecule has 0 saturated heterocycles. The van der Waals surface area contributed by atoms with Gasteiger partial charge in [0.25, 0.3) is 0 Å². The Morgan fingerprint density at radius 1 is 1.05 bits per heavy atom. The predicted molar refractivity (Wildman–Crippen MR) is 78.5 cm³/mol. The molecule has 0 aliphatic carbocycles. The molecule has 0 aromatic heterocycles. The van der Waals surface area contributed by atoms with Crippen LogP contribution in [0.1, 0.15) is 24.5 Å². The monoisotopic (exact) mass is 267 g/mol. The number of rotatable bonds is 3. The Morgan fingerprint density at radius 2 is 1.65 bits per heavy atom. The van der Waals surface area contributed by atoms with E-state index in [1.165, 1.54) is 0 Å². The van der Waals surface area contributed by atoms with Gasteiger partial charge in [-0.25, -0.2) is 4.99 Å². The second kappa shape index (κ2) is 5.10. The number of nitrogens with zero attached hydrogens (tertiary/aromatic N) is 1. The van der Waals surface area contributed by atoms with E-state index in [9.17, 15) is 5.11 Å². The molecule has 0 amide bonds. The van der Waals surface area contributed by atoms with Crippen LogP contribution in [-0.2, 0) is 10.3 Å². The molecular weight excluding hydrogens is 250 g/mol. The van der Waals surface area contributed by atoms with E-state index < -0.39 is 11.8 Å². The van der Waals surface area contributed by atoms with E-state index in [-0.39, 0.29) is 0 Å². The Balaban J connectivity index is 2.06. The number of hydrogen-bond donors (Lipinski definition) is 1. The van der Waals surface area contributed by atoms with Crippen molar-refractivity contribution >= 4 is 5.90 Å². The summed E-state index contributed by atoms with van der Waals surface area (Å²) in [6.45, 7) is 2.01. The maximum absolute atomic E-state index is 10.4. The topological polar surface area (TPSA) is 41.8 Å². The van der Waals surface area contributed by atoms with Crippen molar-refractivity contribution < 1.29 is 9.84 Å². The van der Waals surface area contributed by atoms with Gasteiger partial charge in [-0.3, -0.25) is 0 Å². The van der Waals surface area contributed by atoms with Crippen molar-refractivity contribution in [3.63, 3.8) is 0 Å². The zero-order valence-corrected chi connectivity index (χ0v) is 11.4. The van der Waals surface area contributed by atoms with Crippen molar-refractivity contribution in [1.82, 2.24) is 0 Å². The molecule has 3 nitrogen and oxygen atoms in total. The highest BCUT2D eigenvalue weighted by Crippen LogP contribution is 2.39. The van der Waals surface area contributed by atoms with Gasteiger partial charge in [-0.15, -0.1) is 0 Å². The highest BCUT2D eigenvalue weighted by atomic mass is 16.6. The summed E-state index contributed by atoms with van der Waals surface area (Å²) in [4.78, 5) is 4.70. The zero-order valence-electron chi connectivity index (χ0n) is 11.4. The third-order valence-corrected chi connectivity index (χ3v) is 3.77. The van der Waals surface area contributed by atoms with Gasteiger partial charge in [-0.1, -0.05) is 55.5 Å². The minimum absolute atomic E-state index is 0.504. The Labute approximate surface area is 118 Å². The molecule has 20 heavy (non-hydrogen) atoms. The summed E-state index contributed by atoms with van der Waals surface area (Å²) < 4.78 is 5.61. The maximum atomic E-state index is 10.4. The van der Waals surface area contributed by atoms with E-state index in [1.54, 1.807) is 0 Å². The number of benzene rings is 2. The van der Waals surface area contributed by atoms with Crippen LogP contribution in [0.15, 0.2) is 65.7 Å². The highest BCUT2D eigenvalue weighted by Gasteiger charge is 2.45. The summed E-state index contributed by atoms with van der Waals surface area (Å²) in [6.07, 6.45) is -0.278. The predicted octanol–water partition coefficient (Wildman–Crippen LogP) is 3.09. The van der Waals surface area contributed by atoms with E-state index in [2.05, 4.69) is 0 Å². The average Bonchev–Trinajstić information content (AvgIpc) is 2.87. The van der Waals surface area contributed by atoms with Crippen molar-refractivity contribution in [2.24, 2.45) is 4.99 Å². The van der Waals surface area contributed by atoms with Gasteiger partial charge in [0.15, 0.2) is 5.54 Å². The van der Waals surface area contributed by atoms with Crippen molar-refractivity contribution in [1.29, 1.82) is 0 Å². The van der Waals surface area contributed by atoms with Gasteiger partial charge in [0.05, 0.1) is 0 Å². The Hall–Kier alpha value is -2.13. The summed E-state index contributed by atoms with van der Waals surface area (Å²) in [5, 5.41) is 10.4. The molecule has 0 spiro atoms. The third-order valence-electron chi connectivity index (χ3n) is 3.77. The molecule has 0 radical (unpaired) electrons. The van der Waals surface area contributed by atoms with Gasteiger partial charge in [-0.2, -0.15) is 0 Å². The summed E-state index contributed by atoms with van der Waals surface area (Å²) >= 11 is 0. The smallest absolute Gasteiger partial charge is 0.229 e. The van der Waals surface area contributed by atoms with Crippen LogP contribution in [-0.4, -0.2) is 17.3 Å². The van der Waals surface area contributed by atoms with Crippen LogP contribution in [0, 0.1) is 0 Å². The van der Waals surface area contributed by atoms with Crippen molar-refractivity contribution in [2.75, 3.05) is 0 Å². The first kappa shape index (κ1) is 12.9. The fourth-order valence-corrected chi connectivity index (χ4v) is 2.57. The van der Waals surface area contributed by atoms with Crippen LogP contribution < -0.4 is 0 Å². The SMILES string of the molecule is CCC1(c2ccccc2)N=C(c2ccccc2)OC1O. The second-order valence-corrected chi connectivity index (χ2v) is 4.90. The quantitative estimate of drug-likeness (QED) is 0.928. The minimum Gasteiger partial charge on any atom is -0.445 e. The number of aliphatic hydroxyl groups excluding tert-OH is 1. The first-order valence-corrected chi connectivity index (χ1v) is 6.82. The molecule has 1 aliphatic heterocycles. The normalized spacial score (nSPS) is 25.1. The van der Waals surface area contributed by atoms with Gasteiger partial charge < -0.3 is 9.84 Å². The van der Waals surface area contributed by atoms with Crippen LogP contribution >= 0.6 is 0 Å². The fraction of sp³-hybridized carbons (Fsp3) is 0.235. The molecule has 2 atom stereocenters. The zero-order chi connectivity index (χ0) is 14.0. The summed E-state index contributed by atoms with van der Waals surface area (Å²) in [5.74, 6) is 0.504. The fourth-order valence-electron chi connectivity index (χ4n) is 2.57. The number of aliphatic imine (C=N–C) groups is 1. The number of aliphatic hydroxyl groups is 1. The van der Waals surface area contributed by atoms with Gasteiger partial charge in [0, 0.05) is 5.56 Å². The Kier molecular flexibility index (Phi) is 3.28. The molecule has 1 N–H and O–H groups in total. The number of ether oxygens (including phenoxy) is 1. The van der Waals surface area contributed by atoms with Gasteiger partial charge in [-0.05, 0) is 24.1 Å². The molecular formula is C17H17NO2. The van der Waals surface area contributed by atoms with E-state index in [0.717, 1.165) is 11.1 Å². The largest absolute Gasteiger partial charge is 0.445 e. The van der Waals surface area contributed by atoms with Crippen LogP contribution in [0.4, 0.5) is 0 Å². The maximum Gasteiger partial charge on any atom is 0.229 e. The molecule has 102 valence electrons. The molecule has 2 unspecified atom stereocenters. The Morgan fingerprint density at radius 3 is 2.25 bits per heavy atom. The van der Waals surface area contributed by atoms with Crippen LogP contribution in [0.3, 0.4) is 0 Å². The third kappa shape index (κ3) is 2.00. The van der Waals surface area contributed by atoms with Gasteiger partial charge >= 0.3 is 0 Å². The first-order valence-electron chi connectivity index (χ1n) is 6.82. The van der Waals surface area contributed by atoms with Crippen LogP contribution in [0.25, 0.3) is 0 Å². The van der Waals surface area contributed by atoms with Crippen molar-refractivity contribution in [3.05, 3.63) is 71.8 Å². The molecule has 0 saturated carbocycles. The van der Waals surface area contributed by atoms with Gasteiger partial charge in [0.1, 0.15) is 0 Å². The summed E-state index contributed by atoms with van der Waals surface area (Å²) in [7, 11) is 0. The van der Waals surface area contributed by atoms with E-state index in [0.29, 0.717) is 12.3 Å². The lowest BCUT2D eigenvalue weighted by molar-refractivity contribution is -0.0658. The second-order valence-electron chi connectivity index (χ2n) is 4.90. The average molecular weight is 267 g/mol. The standard InChI is InChI=1S/C17H17NO2/c1-2-17(14-11-7-4-8-12-14)16(19)20-15(18-17)13-9-5-3-6-10-13/h3-12,16,19H,2H2,1H3. The van der Waals surface area contributed by atoms with Crippen LogP contribution in [0.5, 0.6) is 0 Å². The highest BCUT2D eigenvalue weighted by molar-refractivity contribution is 5.95. The summed E-state index contributed by atoms with van der Waals surface area (Å²) in [5.41, 5.74) is 1.14.